The van der Waals surface area contributed by atoms with Crippen LogP contribution in [-0.2, 0) is 9.63 Å². The van der Waals surface area contributed by atoms with Gasteiger partial charge in [0.15, 0.2) is 0 Å². The molecule has 3 heterocycles. The molecular weight excluding hydrogens is 396 g/mol. The fourth-order valence-electron chi connectivity index (χ4n) is 3.67. The zero-order valence-corrected chi connectivity index (χ0v) is 16.5. The number of furan rings is 1. The molecule has 7 heteroatoms. The first-order valence-corrected chi connectivity index (χ1v) is 9.74. The maximum Gasteiger partial charge on any atom is 0.368 e. The van der Waals surface area contributed by atoms with Crippen LogP contribution in [0.1, 0.15) is 39.0 Å². The first-order valence-electron chi connectivity index (χ1n) is 9.74. The smallest absolute Gasteiger partial charge is 0.368 e. The lowest BCUT2D eigenvalue weighted by Gasteiger charge is -2.08. The Morgan fingerprint density at radius 2 is 1.68 bits per heavy atom. The number of oxime groups is 1. The van der Waals surface area contributed by atoms with Gasteiger partial charge in [-0.25, -0.2) is 4.79 Å². The van der Waals surface area contributed by atoms with Crippen molar-refractivity contribution in [2.24, 2.45) is 5.16 Å². The summed E-state index contributed by atoms with van der Waals surface area (Å²) in [4.78, 5) is 43.0. The van der Waals surface area contributed by atoms with Gasteiger partial charge < -0.3 is 9.25 Å². The minimum absolute atomic E-state index is 0.286. The van der Waals surface area contributed by atoms with Crippen LogP contribution < -0.4 is 0 Å². The summed E-state index contributed by atoms with van der Waals surface area (Å²) in [5, 5.41) is 3.88. The van der Waals surface area contributed by atoms with Gasteiger partial charge in [0.2, 0.25) is 0 Å². The Morgan fingerprint density at radius 3 is 2.45 bits per heavy atom. The molecular formula is C24H16N2O5. The third-order valence-electron chi connectivity index (χ3n) is 5.23. The van der Waals surface area contributed by atoms with Crippen LogP contribution in [0.5, 0.6) is 0 Å². The van der Waals surface area contributed by atoms with Crippen molar-refractivity contribution in [2.45, 2.75) is 6.92 Å². The molecule has 0 saturated carbocycles. The van der Waals surface area contributed by atoms with E-state index in [1.807, 2.05) is 30.3 Å². The van der Waals surface area contributed by atoms with Crippen molar-refractivity contribution in [3.8, 4) is 11.3 Å². The number of nitrogens with zero attached hydrogens (tertiary/aromatic N) is 2. The average Bonchev–Trinajstić information content (AvgIpc) is 3.47. The highest BCUT2D eigenvalue weighted by Gasteiger charge is 2.34. The number of carbonyl (C=O) groups excluding carboxylic acids is 3. The van der Waals surface area contributed by atoms with E-state index in [-0.39, 0.29) is 11.8 Å². The van der Waals surface area contributed by atoms with Crippen LogP contribution in [0.25, 0.3) is 17.4 Å². The number of fused-ring (bicyclic) bond motifs is 1. The lowest BCUT2D eigenvalue weighted by Crippen LogP contribution is -2.29. The fourth-order valence-corrected chi connectivity index (χ4v) is 3.67. The summed E-state index contributed by atoms with van der Waals surface area (Å²) in [6.45, 7) is 2.08. The van der Waals surface area contributed by atoms with Crippen LogP contribution in [0, 0.1) is 0 Å². The number of imide groups is 1. The molecule has 2 aliphatic rings. The van der Waals surface area contributed by atoms with Crippen molar-refractivity contribution < 1.29 is 23.6 Å². The Morgan fingerprint density at radius 1 is 0.903 bits per heavy atom. The van der Waals surface area contributed by atoms with E-state index in [1.165, 1.54) is 4.90 Å². The third kappa shape index (κ3) is 3.07. The molecule has 7 nitrogen and oxygen atoms in total. The largest absolute Gasteiger partial charge is 0.457 e. The maximum absolute atomic E-state index is 12.5. The van der Waals surface area contributed by atoms with Gasteiger partial charge in [0.25, 0.3) is 11.8 Å². The molecule has 2 aromatic carbocycles. The number of hydrogen-bond donors (Lipinski definition) is 0. The maximum atomic E-state index is 12.5. The Hall–Kier alpha value is -4.26. The summed E-state index contributed by atoms with van der Waals surface area (Å²) in [5.74, 6) is -0.208. The monoisotopic (exact) mass is 412 g/mol. The zero-order valence-electron chi connectivity index (χ0n) is 16.5. The normalized spacial score (nSPS) is 16.7. The zero-order chi connectivity index (χ0) is 21.5. The van der Waals surface area contributed by atoms with E-state index in [0.717, 1.165) is 5.56 Å². The van der Waals surface area contributed by atoms with Crippen molar-refractivity contribution >= 4 is 29.6 Å². The molecule has 0 N–H and O–H groups in total. The van der Waals surface area contributed by atoms with Gasteiger partial charge in [-0.2, -0.15) is 0 Å². The van der Waals surface area contributed by atoms with E-state index in [2.05, 4.69) is 5.16 Å². The highest BCUT2D eigenvalue weighted by Crippen LogP contribution is 2.30. The summed E-state index contributed by atoms with van der Waals surface area (Å²) in [5.41, 5.74) is 2.90. The van der Waals surface area contributed by atoms with E-state index in [9.17, 15) is 14.4 Å². The summed E-state index contributed by atoms with van der Waals surface area (Å²) in [6.07, 6.45) is 1.57. The average molecular weight is 412 g/mol. The Balaban J connectivity index is 1.47. The SMILES string of the molecule is CCN1C(=O)c2ccc(-c3ccc(/C=C4\C(=O)ON=C4c4ccccc4)o3)cc2C1=O. The first-order chi connectivity index (χ1) is 15.1. The van der Waals surface area contributed by atoms with Gasteiger partial charge in [0.05, 0.1) is 16.7 Å². The lowest BCUT2D eigenvalue weighted by molar-refractivity contribution is -0.136. The second kappa shape index (κ2) is 7.21. The van der Waals surface area contributed by atoms with E-state index >= 15 is 0 Å². The van der Waals surface area contributed by atoms with Crippen LogP contribution >= 0.6 is 0 Å². The molecule has 5 rings (SSSR count). The minimum atomic E-state index is -0.557. The lowest BCUT2D eigenvalue weighted by atomic mass is 10.0. The summed E-state index contributed by atoms with van der Waals surface area (Å²) < 4.78 is 5.89. The fraction of sp³-hybridized carbons (Fsp3) is 0.0833. The van der Waals surface area contributed by atoms with E-state index in [0.29, 0.717) is 46.0 Å². The van der Waals surface area contributed by atoms with Gasteiger partial charge in [0.1, 0.15) is 17.2 Å². The third-order valence-corrected chi connectivity index (χ3v) is 5.23. The molecule has 0 bridgehead atoms. The predicted molar refractivity (Wildman–Crippen MR) is 112 cm³/mol. The Labute approximate surface area is 177 Å². The standard InChI is InChI=1S/C24H16N2O5/c1-2-26-22(27)17-10-8-15(12-18(17)23(26)28)20-11-9-16(30-20)13-19-21(25-31-24(19)29)14-6-4-3-5-7-14/h3-13H,2H2,1H3/b19-13-. The number of hydrogen-bond acceptors (Lipinski definition) is 6. The Bertz CT molecular complexity index is 1300. The second-order valence-electron chi connectivity index (χ2n) is 7.06. The molecule has 0 radical (unpaired) electrons. The summed E-state index contributed by atoms with van der Waals surface area (Å²) >= 11 is 0. The topological polar surface area (TPSA) is 89.2 Å². The predicted octanol–water partition coefficient (Wildman–Crippen LogP) is 3.91. The molecule has 3 aromatic rings. The van der Waals surface area contributed by atoms with Crippen LogP contribution in [0.2, 0.25) is 0 Å². The van der Waals surface area contributed by atoms with Crippen LogP contribution in [0.3, 0.4) is 0 Å². The molecule has 0 aliphatic carbocycles. The van der Waals surface area contributed by atoms with Gasteiger partial charge in [0, 0.05) is 17.7 Å². The van der Waals surface area contributed by atoms with Gasteiger partial charge >= 0.3 is 5.97 Å². The second-order valence-corrected chi connectivity index (χ2v) is 7.06. The quantitative estimate of drug-likeness (QED) is 0.368. The molecule has 0 fully saturated rings. The number of benzene rings is 2. The molecule has 1 aromatic heterocycles. The number of carbonyl (C=O) groups is 3. The molecule has 0 spiro atoms. The number of amides is 2. The minimum Gasteiger partial charge on any atom is -0.457 e. The highest BCUT2D eigenvalue weighted by molar-refractivity contribution is 6.31. The molecule has 31 heavy (non-hydrogen) atoms. The molecule has 2 amide bonds. The van der Waals surface area contributed by atoms with Crippen molar-refractivity contribution in [1.29, 1.82) is 0 Å². The van der Waals surface area contributed by atoms with Crippen LogP contribution in [0.15, 0.2) is 75.8 Å². The highest BCUT2D eigenvalue weighted by atomic mass is 16.7. The van der Waals surface area contributed by atoms with Gasteiger partial charge in [-0.05, 0) is 37.3 Å². The van der Waals surface area contributed by atoms with Gasteiger partial charge in [-0.15, -0.1) is 0 Å². The first kappa shape index (κ1) is 18.7. The number of rotatable bonds is 4. The van der Waals surface area contributed by atoms with E-state index in [1.54, 1.807) is 43.3 Å². The molecule has 0 saturated heterocycles. The van der Waals surface area contributed by atoms with Gasteiger partial charge in [-0.1, -0.05) is 41.6 Å². The van der Waals surface area contributed by atoms with E-state index < -0.39 is 5.97 Å². The summed E-state index contributed by atoms with van der Waals surface area (Å²) in [6, 6.07) is 17.7. The summed E-state index contributed by atoms with van der Waals surface area (Å²) in [7, 11) is 0. The van der Waals surface area contributed by atoms with Crippen molar-refractivity contribution in [3.05, 3.63) is 88.7 Å². The molecule has 152 valence electrons. The Kier molecular flexibility index (Phi) is 4.36. The molecule has 2 aliphatic heterocycles. The van der Waals surface area contributed by atoms with E-state index in [4.69, 9.17) is 9.25 Å². The van der Waals surface area contributed by atoms with Crippen molar-refractivity contribution in [3.63, 3.8) is 0 Å². The van der Waals surface area contributed by atoms with Crippen LogP contribution in [-0.4, -0.2) is 34.9 Å². The molecule has 0 atom stereocenters. The van der Waals surface area contributed by atoms with Crippen molar-refractivity contribution in [1.82, 2.24) is 4.90 Å². The van der Waals surface area contributed by atoms with Crippen LogP contribution in [0.4, 0.5) is 0 Å². The van der Waals surface area contributed by atoms with Gasteiger partial charge in [-0.3, -0.25) is 14.5 Å². The molecule has 0 unspecified atom stereocenters. The van der Waals surface area contributed by atoms with Crippen molar-refractivity contribution in [2.75, 3.05) is 6.54 Å².